The van der Waals surface area contributed by atoms with Crippen molar-refractivity contribution in [1.29, 1.82) is 0 Å². The van der Waals surface area contributed by atoms with E-state index in [1.165, 1.54) is 19.2 Å². The molecule has 0 aliphatic rings. The van der Waals surface area contributed by atoms with E-state index in [4.69, 9.17) is 9.47 Å². The Morgan fingerprint density at radius 2 is 1.48 bits per heavy atom. The molecular weight excluding hydrogens is 442 g/mol. The largest absolute Gasteiger partial charge is 0.497 e. The van der Waals surface area contributed by atoms with Gasteiger partial charge in [-0.3, -0.25) is 0 Å². The maximum absolute atomic E-state index is 12.8. The van der Waals surface area contributed by atoms with Gasteiger partial charge in [-0.25, -0.2) is 8.42 Å². The summed E-state index contributed by atoms with van der Waals surface area (Å²) in [5.74, 6) is 1.27. The maximum Gasteiger partial charge on any atom is 0.206 e. The number of ether oxygens (including phenoxy) is 2. The molecule has 0 fully saturated rings. The van der Waals surface area contributed by atoms with Crippen molar-refractivity contribution in [2.75, 3.05) is 26.9 Å². The number of nitrogens with one attached hydrogen (secondary N) is 1. The average molecular weight is 472 g/mol. The van der Waals surface area contributed by atoms with Gasteiger partial charge in [0.05, 0.1) is 23.5 Å². The number of aliphatic hydroxyl groups is 2. The van der Waals surface area contributed by atoms with Crippen molar-refractivity contribution >= 4 is 9.84 Å². The van der Waals surface area contributed by atoms with Crippen LogP contribution in [-0.4, -0.2) is 57.6 Å². The zero-order chi connectivity index (χ0) is 23.7. The molecule has 0 aromatic heterocycles. The molecule has 1 unspecified atom stereocenters. The fourth-order valence-corrected chi connectivity index (χ4v) is 4.51. The summed E-state index contributed by atoms with van der Waals surface area (Å²) in [7, 11) is -2.11. The van der Waals surface area contributed by atoms with E-state index in [9.17, 15) is 18.6 Å². The van der Waals surface area contributed by atoms with E-state index in [2.05, 4.69) is 5.32 Å². The number of para-hydroxylation sites is 1. The zero-order valence-electron chi connectivity index (χ0n) is 18.4. The summed E-state index contributed by atoms with van der Waals surface area (Å²) in [4.78, 5) is 0.385. The van der Waals surface area contributed by atoms with E-state index in [0.29, 0.717) is 17.9 Å². The third-order valence-corrected chi connectivity index (χ3v) is 6.92. The molecule has 3 rings (SSSR count). The van der Waals surface area contributed by atoms with Crippen LogP contribution in [0.1, 0.15) is 5.56 Å². The maximum atomic E-state index is 12.8. The standard InChI is InChI=1S/C25H29NO6S/c1-31-22-9-13-25(14-10-22)33(29,30)24-11-7-19(8-12-24)15-20(17-27)26-16-21(28)18-32-23-5-3-2-4-6-23/h2-14,20-21,26-28H,15-18H2,1H3/t20-,21?/m0/s1. The normalized spacial score (nSPS) is 13.3. The molecule has 8 heteroatoms. The molecule has 3 aromatic carbocycles. The minimum Gasteiger partial charge on any atom is -0.497 e. The van der Waals surface area contributed by atoms with E-state index >= 15 is 0 Å². The van der Waals surface area contributed by atoms with Crippen LogP contribution in [0.15, 0.2) is 88.7 Å². The lowest BCUT2D eigenvalue weighted by molar-refractivity contribution is 0.0997. The van der Waals surface area contributed by atoms with Crippen LogP contribution in [0.4, 0.5) is 0 Å². The summed E-state index contributed by atoms with van der Waals surface area (Å²) >= 11 is 0. The highest BCUT2D eigenvalue weighted by Gasteiger charge is 2.18. The Labute approximate surface area is 194 Å². The Morgan fingerprint density at radius 3 is 2.06 bits per heavy atom. The van der Waals surface area contributed by atoms with Gasteiger partial charge in [-0.2, -0.15) is 0 Å². The van der Waals surface area contributed by atoms with Crippen molar-refractivity contribution < 1.29 is 28.1 Å². The van der Waals surface area contributed by atoms with Gasteiger partial charge in [0.1, 0.15) is 24.2 Å². The molecule has 0 bridgehead atoms. The molecule has 176 valence electrons. The predicted molar refractivity (Wildman–Crippen MR) is 125 cm³/mol. The molecule has 3 N–H and O–H groups in total. The first kappa shape index (κ1) is 24.7. The number of aliphatic hydroxyl groups excluding tert-OH is 2. The van der Waals surface area contributed by atoms with E-state index in [1.54, 1.807) is 36.4 Å². The highest BCUT2D eigenvalue weighted by Crippen LogP contribution is 2.23. The Morgan fingerprint density at radius 1 is 0.879 bits per heavy atom. The lowest BCUT2D eigenvalue weighted by Gasteiger charge is -2.19. The van der Waals surface area contributed by atoms with E-state index in [0.717, 1.165) is 5.56 Å². The summed E-state index contributed by atoms with van der Waals surface area (Å²) in [6.45, 7) is 0.257. The molecule has 2 atom stereocenters. The van der Waals surface area contributed by atoms with Crippen molar-refractivity contribution in [1.82, 2.24) is 5.32 Å². The number of methoxy groups -OCH3 is 1. The predicted octanol–water partition coefficient (Wildman–Crippen LogP) is 2.46. The van der Waals surface area contributed by atoms with Gasteiger partial charge in [-0.1, -0.05) is 30.3 Å². The number of rotatable bonds is 12. The quantitative estimate of drug-likeness (QED) is 0.373. The number of sulfone groups is 1. The fraction of sp³-hybridized carbons (Fsp3) is 0.280. The third kappa shape index (κ3) is 7.03. The minimum absolute atomic E-state index is 0.127. The van der Waals surface area contributed by atoms with Crippen LogP contribution in [-0.2, 0) is 16.3 Å². The first-order valence-electron chi connectivity index (χ1n) is 10.6. The second-order valence-corrected chi connectivity index (χ2v) is 9.54. The first-order valence-corrected chi connectivity index (χ1v) is 12.1. The summed E-state index contributed by atoms with van der Waals surface area (Å²) < 4.78 is 36.3. The molecule has 0 spiro atoms. The van der Waals surface area contributed by atoms with Crippen molar-refractivity contribution in [3.05, 3.63) is 84.4 Å². The molecule has 0 aliphatic heterocycles. The van der Waals surface area contributed by atoms with Crippen LogP contribution in [0.3, 0.4) is 0 Å². The smallest absolute Gasteiger partial charge is 0.206 e. The van der Waals surface area contributed by atoms with Gasteiger partial charge in [-0.15, -0.1) is 0 Å². The van der Waals surface area contributed by atoms with Crippen molar-refractivity contribution in [2.24, 2.45) is 0 Å². The molecule has 7 nitrogen and oxygen atoms in total. The number of hydrogen-bond acceptors (Lipinski definition) is 7. The zero-order valence-corrected chi connectivity index (χ0v) is 19.2. The highest BCUT2D eigenvalue weighted by atomic mass is 32.2. The van der Waals surface area contributed by atoms with E-state index in [1.807, 2.05) is 30.3 Å². The summed E-state index contributed by atoms with van der Waals surface area (Å²) in [5.41, 5.74) is 0.866. The lowest BCUT2D eigenvalue weighted by Crippen LogP contribution is -2.41. The van der Waals surface area contributed by atoms with Crippen LogP contribution < -0.4 is 14.8 Å². The van der Waals surface area contributed by atoms with Crippen LogP contribution in [0.25, 0.3) is 0 Å². The van der Waals surface area contributed by atoms with E-state index in [-0.39, 0.29) is 35.6 Å². The Bertz CT molecular complexity index is 1090. The van der Waals surface area contributed by atoms with Crippen LogP contribution in [0.2, 0.25) is 0 Å². The summed E-state index contributed by atoms with van der Waals surface area (Å²) in [6.07, 6.45) is -0.262. The summed E-state index contributed by atoms with van der Waals surface area (Å²) in [5, 5.41) is 23.0. The highest BCUT2D eigenvalue weighted by molar-refractivity contribution is 7.91. The second kappa shape index (κ2) is 11.8. The van der Waals surface area contributed by atoms with E-state index < -0.39 is 15.9 Å². The first-order chi connectivity index (χ1) is 15.9. The van der Waals surface area contributed by atoms with Gasteiger partial charge < -0.3 is 25.0 Å². The fourth-order valence-electron chi connectivity index (χ4n) is 3.25. The molecule has 0 aliphatic carbocycles. The monoisotopic (exact) mass is 471 g/mol. The number of hydrogen-bond donors (Lipinski definition) is 3. The topological polar surface area (TPSA) is 105 Å². The van der Waals surface area contributed by atoms with Gasteiger partial charge in [0.2, 0.25) is 9.84 Å². The average Bonchev–Trinajstić information content (AvgIpc) is 2.86. The Kier molecular flexibility index (Phi) is 8.85. The van der Waals surface area contributed by atoms with Gasteiger partial charge in [0.15, 0.2) is 0 Å². The van der Waals surface area contributed by atoms with Crippen LogP contribution in [0, 0.1) is 0 Å². The van der Waals surface area contributed by atoms with Gasteiger partial charge in [-0.05, 0) is 60.5 Å². The van der Waals surface area contributed by atoms with Crippen molar-refractivity contribution in [2.45, 2.75) is 28.4 Å². The summed E-state index contributed by atoms with van der Waals surface area (Å²) in [6, 6.07) is 21.8. The van der Waals surface area contributed by atoms with Crippen molar-refractivity contribution in [3.8, 4) is 11.5 Å². The second-order valence-electron chi connectivity index (χ2n) is 7.59. The SMILES string of the molecule is COc1ccc(S(=O)(=O)c2ccc(C[C@@H](CO)NCC(O)COc3ccccc3)cc2)cc1. The molecule has 0 amide bonds. The van der Waals surface area contributed by atoms with Gasteiger partial charge >= 0.3 is 0 Å². The Balaban J connectivity index is 1.53. The molecule has 3 aromatic rings. The molecule has 0 saturated carbocycles. The van der Waals surface area contributed by atoms with Crippen molar-refractivity contribution in [3.63, 3.8) is 0 Å². The van der Waals surface area contributed by atoms with Crippen LogP contribution >= 0.6 is 0 Å². The lowest BCUT2D eigenvalue weighted by atomic mass is 10.1. The van der Waals surface area contributed by atoms with Crippen LogP contribution in [0.5, 0.6) is 11.5 Å². The van der Waals surface area contributed by atoms with Gasteiger partial charge in [0.25, 0.3) is 0 Å². The molecule has 0 radical (unpaired) electrons. The molecule has 33 heavy (non-hydrogen) atoms. The Hall–Kier alpha value is -2.91. The van der Waals surface area contributed by atoms with Gasteiger partial charge in [0, 0.05) is 12.6 Å². The molecular formula is C25H29NO6S. The third-order valence-electron chi connectivity index (χ3n) is 5.13. The molecule has 0 saturated heterocycles. The number of benzene rings is 3. The minimum atomic E-state index is -3.63. The molecule has 0 heterocycles.